The maximum Gasteiger partial charge on any atom is 0.237 e. The smallest absolute Gasteiger partial charge is 0.237 e. The van der Waals surface area contributed by atoms with Gasteiger partial charge < -0.3 is 14.7 Å². The zero-order valence-corrected chi connectivity index (χ0v) is 14.9. The number of nitrogens with one attached hydrogen (secondary N) is 1. The highest BCUT2D eigenvalue weighted by Crippen LogP contribution is 2.26. The molecule has 1 aliphatic heterocycles. The first kappa shape index (κ1) is 17.9. The van der Waals surface area contributed by atoms with Crippen LogP contribution in [-0.4, -0.2) is 59.5 Å². The normalized spacial score (nSPS) is 22.6. The molecule has 1 N–H and O–H groups in total. The summed E-state index contributed by atoms with van der Waals surface area (Å²) in [6, 6.07) is 1.38. The van der Waals surface area contributed by atoms with Crippen LogP contribution in [0.25, 0.3) is 0 Å². The van der Waals surface area contributed by atoms with Crippen molar-refractivity contribution < 1.29 is 14.1 Å². The molecule has 1 aliphatic carbocycles. The van der Waals surface area contributed by atoms with Crippen molar-refractivity contribution >= 4 is 11.8 Å². The fraction of sp³-hybridized carbons (Fsp3) is 0.722. The molecule has 138 valence electrons. The van der Waals surface area contributed by atoms with E-state index < -0.39 is 0 Å². The predicted octanol–water partition coefficient (Wildman–Crippen LogP) is 1.40. The van der Waals surface area contributed by atoms with Gasteiger partial charge in [0.2, 0.25) is 11.8 Å². The first-order valence-corrected chi connectivity index (χ1v) is 9.28. The van der Waals surface area contributed by atoms with Crippen LogP contribution >= 0.6 is 0 Å². The van der Waals surface area contributed by atoms with E-state index in [2.05, 4.69) is 15.4 Å². The average Bonchev–Trinajstić information content (AvgIpc) is 3.11. The molecular formula is C18H28N4O3. The molecule has 1 saturated heterocycles. The van der Waals surface area contributed by atoms with E-state index in [0.717, 1.165) is 13.1 Å². The second-order valence-electron chi connectivity index (χ2n) is 7.25. The molecule has 1 aromatic rings. The minimum absolute atomic E-state index is 0.0229. The van der Waals surface area contributed by atoms with Crippen LogP contribution in [0.3, 0.4) is 0 Å². The lowest BCUT2D eigenvalue weighted by Crippen LogP contribution is -2.57. The van der Waals surface area contributed by atoms with Crippen LogP contribution in [0.5, 0.6) is 0 Å². The van der Waals surface area contributed by atoms with E-state index in [4.69, 9.17) is 4.52 Å². The maximum atomic E-state index is 12.6. The predicted molar refractivity (Wildman–Crippen MR) is 92.5 cm³/mol. The lowest BCUT2D eigenvalue weighted by Gasteiger charge is -2.38. The van der Waals surface area contributed by atoms with Crippen molar-refractivity contribution in [2.45, 2.75) is 51.1 Å². The van der Waals surface area contributed by atoms with Crippen molar-refractivity contribution in [2.75, 3.05) is 26.7 Å². The molecule has 7 heteroatoms. The Kier molecular flexibility index (Phi) is 6.07. The van der Waals surface area contributed by atoms with Crippen LogP contribution in [0.4, 0.5) is 0 Å². The summed E-state index contributed by atoms with van der Waals surface area (Å²) in [5.41, 5.74) is 0.711. The topological polar surface area (TPSA) is 78.7 Å². The number of rotatable bonds is 6. The number of hydrogen-bond acceptors (Lipinski definition) is 5. The van der Waals surface area contributed by atoms with E-state index in [-0.39, 0.29) is 24.3 Å². The molecular weight excluding hydrogens is 320 g/mol. The van der Waals surface area contributed by atoms with Crippen LogP contribution in [0, 0.1) is 5.92 Å². The molecule has 0 radical (unpaired) electrons. The minimum atomic E-state index is -0.358. The highest BCUT2D eigenvalue weighted by molar-refractivity contribution is 5.88. The molecule has 0 unspecified atom stereocenters. The van der Waals surface area contributed by atoms with Crippen molar-refractivity contribution in [3.63, 3.8) is 0 Å². The number of aromatic nitrogens is 1. The number of carbonyl (C=O) groups excluding carboxylic acids is 2. The summed E-state index contributed by atoms with van der Waals surface area (Å²) >= 11 is 0. The lowest BCUT2D eigenvalue weighted by atomic mass is 9.88. The van der Waals surface area contributed by atoms with Gasteiger partial charge in [0.25, 0.3) is 0 Å². The van der Waals surface area contributed by atoms with E-state index in [1.807, 2.05) is 0 Å². The molecule has 1 saturated carbocycles. The standard InChI is InChI=1S/C18H28N4O3/c1-21(13-15-7-10-25-20-15)17(23)11-16-18(24)19-8-9-22(16)12-14-5-3-2-4-6-14/h7,10,14,16H,2-6,8-9,11-13H2,1H3,(H,19,24)/t16-/m1/s1. The summed E-state index contributed by atoms with van der Waals surface area (Å²) in [6.07, 6.45) is 8.09. The summed E-state index contributed by atoms with van der Waals surface area (Å²) in [6.45, 7) is 2.82. The third-order valence-corrected chi connectivity index (χ3v) is 5.34. The molecule has 2 aliphatic rings. The van der Waals surface area contributed by atoms with Crippen LogP contribution in [-0.2, 0) is 16.1 Å². The number of amides is 2. The van der Waals surface area contributed by atoms with Gasteiger partial charge in [-0.1, -0.05) is 24.4 Å². The fourth-order valence-electron chi connectivity index (χ4n) is 3.88. The van der Waals surface area contributed by atoms with Gasteiger partial charge in [-0.2, -0.15) is 0 Å². The first-order chi connectivity index (χ1) is 12.1. The molecule has 7 nitrogen and oxygen atoms in total. The van der Waals surface area contributed by atoms with Crippen LogP contribution in [0.15, 0.2) is 16.9 Å². The van der Waals surface area contributed by atoms with Crippen molar-refractivity contribution in [3.8, 4) is 0 Å². The summed E-state index contributed by atoms with van der Waals surface area (Å²) in [4.78, 5) is 28.8. The molecule has 0 aromatic carbocycles. The van der Waals surface area contributed by atoms with Gasteiger partial charge in [0, 0.05) is 32.7 Å². The average molecular weight is 348 g/mol. The van der Waals surface area contributed by atoms with Gasteiger partial charge in [0.05, 0.1) is 19.0 Å². The number of nitrogens with zero attached hydrogens (tertiary/aromatic N) is 3. The van der Waals surface area contributed by atoms with E-state index in [1.165, 1.54) is 38.4 Å². The van der Waals surface area contributed by atoms with Gasteiger partial charge in [0.15, 0.2) is 0 Å². The van der Waals surface area contributed by atoms with Crippen molar-refractivity contribution in [3.05, 3.63) is 18.0 Å². The molecule has 2 heterocycles. The van der Waals surface area contributed by atoms with Gasteiger partial charge in [0.1, 0.15) is 12.0 Å². The Balaban J connectivity index is 1.58. The Morgan fingerprint density at radius 3 is 2.92 bits per heavy atom. The summed E-state index contributed by atoms with van der Waals surface area (Å²) in [7, 11) is 1.74. The highest BCUT2D eigenvalue weighted by atomic mass is 16.5. The lowest BCUT2D eigenvalue weighted by molar-refractivity contribution is -0.138. The van der Waals surface area contributed by atoms with E-state index in [1.54, 1.807) is 18.0 Å². The van der Waals surface area contributed by atoms with Crippen LogP contribution in [0.1, 0.15) is 44.2 Å². The monoisotopic (exact) mass is 348 g/mol. The Morgan fingerprint density at radius 2 is 2.20 bits per heavy atom. The molecule has 1 atom stereocenters. The van der Waals surface area contributed by atoms with Crippen molar-refractivity contribution in [1.82, 2.24) is 20.3 Å². The van der Waals surface area contributed by atoms with Crippen LogP contribution in [0.2, 0.25) is 0 Å². The third-order valence-electron chi connectivity index (χ3n) is 5.34. The number of carbonyl (C=O) groups is 2. The van der Waals surface area contributed by atoms with Crippen molar-refractivity contribution in [2.24, 2.45) is 5.92 Å². The first-order valence-electron chi connectivity index (χ1n) is 9.28. The number of piperazine rings is 1. The van der Waals surface area contributed by atoms with Gasteiger partial charge in [-0.15, -0.1) is 0 Å². The van der Waals surface area contributed by atoms with Gasteiger partial charge in [-0.3, -0.25) is 14.5 Å². The van der Waals surface area contributed by atoms with E-state index in [9.17, 15) is 9.59 Å². The zero-order chi connectivity index (χ0) is 17.6. The minimum Gasteiger partial charge on any atom is -0.364 e. The summed E-state index contributed by atoms with van der Waals surface area (Å²) in [5, 5.41) is 6.74. The highest BCUT2D eigenvalue weighted by Gasteiger charge is 2.33. The molecule has 1 aromatic heterocycles. The quantitative estimate of drug-likeness (QED) is 0.841. The largest absolute Gasteiger partial charge is 0.364 e. The summed E-state index contributed by atoms with van der Waals surface area (Å²) in [5.74, 6) is 0.592. The second-order valence-corrected chi connectivity index (χ2v) is 7.25. The molecule has 25 heavy (non-hydrogen) atoms. The molecule has 2 fully saturated rings. The SMILES string of the molecule is CN(Cc1ccon1)C(=O)C[C@@H]1C(=O)NCCN1CC1CCCCC1. The Bertz CT molecular complexity index is 569. The Labute approximate surface area is 148 Å². The van der Waals surface area contributed by atoms with Crippen molar-refractivity contribution in [1.29, 1.82) is 0 Å². The van der Waals surface area contributed by atoms with Gasteiger partial charge >= 0.3 is 0 Å². The van der Waals surface area contributed by atoms with Gasteiger partial charge in [-0.25, -0.2) is 0 Å². The Hall–Kier alpha value is -1.89. The second kappa shape index (κ2) is 8.47. The molecule has 0 spiro atoms. The fourth-order valence-corrected chi connectivity index (χ4v) is 3.88. The zero-order valence-electron chi connectivity index (χ0n) is 14.9. The Morgan fingerprint density at radius 1 is 1.40 bits per heavy atom. The van der Waals surface area contributed by atoms with E-state index in [0.29, 0.717) is 24.7 Å². The molecule has 3 rings (SSSR count). The molecule has 0 bridgehead atoms. The van der Waals surface area contributed by atoms with Crippen LogP contribution < -0.4 is 5.32 Å². The maximum absolute atomic E-state index is 12.6. The van der Waals surface area contributed by atoms with E-state index >= 15 is 0 Å². The number of hydrogen-bond donors (Lipinski definition) is 1. The summed E-state index contributed by atoms with van der Waals surface area (Å²) < 4.78 is 4.80. The molecule has 2 amide bonds. The third kappa shape index (κ3) is 4.81. The van der Waals surface area contributed by atoms with Gasteiger partial charge in [-0.05, 0) is 18.8 Å².